The van der Waals surface area contributed by atoms with Crippen LogP contribution in [0.15, 0.2) is 356 Å². The van der Waals surface area contributed by atoms with Crippen LogP contribution in [0, 0.1) is 0 Å². The van der Waals surface area contributed by atoms with E-state index in [0.717, 1.165) is 138 Å². The van der Waals surface area contributed by atoms with E-state index in [0.29, 0.717) is 34.9 Å². The van der Waals surface area contributed by atoms with E-state index in [1.54, 1.807) is 11.3 Å². The van der Waals surface area contributed by atoms with Gasteiger partial charge in [0.25, 0.3) is 0 Å². The van der Waals surface area contributed by atoms with Crippen LogP contribution in [0.25, 0.3) is 221 Å². The Kier molecular flexibility index (Phi) is 14.8. The van der Waals surface area contributed by atoms with Crippen LogP contribution >= 0.6 is 11.3 Å². The van der Waals surface area contributed by atoms with Crippen molar-refractivity contribution >= 4 is 97.1 Å². The summed E-state index contributed by atoms with van der Waals surface area (Å²) in [5, 5.41) is 9.02. The normalized spacial score (nSPS) is 13.2. The van der Waals surface area contributed by atoms with Crippen LogP contribution in [-0.2, 0) is 10.8 Å². The summed E-state index contributed by atoms with van der Waals surface area (Å²) in [6.45, 7) is 9.47. The molecule has 0 amide bonds. The lowest BCUT2D eigenvalue weighted by Gasteiger charge is -2.22. The molecule has 10 heteroatoms. The molecule has 24 rings (SSSR count). The van der Waals surface area contributed by atoms with Crippen molar-refractivity contribution < 1.29 is 4.42 Å². The first-order valence-electron chi connectivity index (χ1n) is 40.3. The topological polar surface area (TPSA) is 100 Å². The van der Waals surface area contributed by atoms with Gasteiger partial charge in [-0.05, 0) is 163 Å². The second-order valence-electron chi connectivity index (χ2n) is 32.4. The van der Waals surface area contributed by atoms with Crippen LogP contribution in [-0.4, -0.2) is 39.0 Å². The van der Waals surface area contributed by atoms with E-state index in [2.05, 4.69) is 358 Å². The van der Waals surface area contributed by atoms with E-state index in [1.807, 2.05) is 30.3 Å². The highest BCUT2D eigenvalue weighted by Crippen LogP contribution is 2.55. The molecule has 0 N–H and O–H groups in total. The van der Waals surface area contributed by atoms with Gasteiger partial charge in [0, 0.05) is 108 Å². The molecule has 0 atom stereocenters. The van der Waals surface area contributed by atoms with Crippen LogP contribution in [0.1, 0.15) is 49.9 Å². The first-order chi connectivity index (χ1) is 58.0. The zero-order chi connectivity index (χ0) is 78.2. The maximum atomic E-state index is 7.03. The van der Waals surface area contributed by atoms with Gasteiger partial charge in [0.1, 0.15) is 11.2 Å². The lowest BCUT2D eigenvalue weighted by molar-refractivity contribution is 0.661. The summed E-state index contributed by atoms with van der Waals surface area (Å²) in [4.78, 5) is 33.1. The Morgan fingerprint density at radius 1 is 0.246 bits per heavy atom. The number of hydrogen-bond donors (Lipinski definition) is 0. The second kappa shape index (κ2) is 25.8. The summed E-state index contributed by atoms with van der Waals surface area (Å²) in [6, 6.07) is 127. The van der Waals surface area contributed by atoms with Crippen molar-refractivity contribution in [3.05, 3.63) is 374 Å². The molecule has 0 saturated heterocycles. The van der Waals surface area contributed by atoms with E-state index in [9.17, 15) is 0 Å². The third kappa shape index (κ3) is 10.3. The van der Waals surface area contributed by atoms with E-state index in [4.69, 9.17) is 34.3 Å². The molecule has 0 saturated carbocycles. The SMILES string of the molecule is CC1(C)c2ccccc2-c2cc3c4ccccc4n(-c4ccc(-c5ccccc5)c(-c5nc(-c6ccccc6)nc(-c6cc(-c7ccc8c(c7)-c7cc9c%10ccccc%10n(-c%10cc(-c%11nc(-c%12ccccc%12)nc(-c%12cccc%13c%12sc%12ccccc%12%13)n%11)ccc%10-c%10ccccc%10)c9cc7C8(C)C)cc7oc8ccccc8c67)n5)c4)c3cc21. The average Bonchev–Trinajstić information content (AvgIpc) is 1.55. The van der Waals surface area contributed by atoms with Crippen LogP contribution in [0.5, 0.6) is 0 Å². The van der Waals surface area contributed by atoms with Gasteiger partial charge in [0.15, 0.2) is 34.9 Å². The summed E-state index contributed by atoms with van der Waals surface area (Å²) in [7, 11) is 0. The van der Waals surface area contributed by atoms with Gasteiger partial charge < -0.3 is 13.6 Å². The number of aromatic nitrogens is 8. The van der Waals surface area contributed by atoms with E-state index in [1.165, 1.54) is 70.8 Å². The number of rotatable bonds is 11. The predicted molar refractivity (Wildman–Crippen MR) is 486 cm³/mol. The van der Waals surface area contributed by atoms with Gasteiger partial charge in [-0.2, -0.15) is 0 Å². The zero-order valence-corrected chi connectivity index (χ0v) is 65.7. The third-order valence-electron chi connectivity index (χ3n) is 25.0. The van der Waals surface area contributed by atoms with Crippen molar-refractivity contribution in [2.45, 2.75) is 38.5 Å². The molecule has 6 aromatic heterocycles. The predicted octanol–water partition coefficient (Wildman–Crippen LogP) is 28.1. The second-order valence-corrected chi connectivity index (χ2v) is 33.5. The molecule has 0 spiro atoms. The standard InChI is InChI=1S/C108H70N8OS/c1-107(2)87-43-22-17-36-73(87)81-59-83-74-37-18-23-44-91(74)115(94(83)61-89(81)107)70-50-52-71(63-28-9-5-10-29-63)85(58-70)105-111-102(66-34-15-8-16-35-66)112-106(114-105)86-55-69(57-97-99(86)78-40-20-25-46-96(78)117-97)67-49-53-88-80(54-67)82-60-84-75-38-19-24-45-92(75)116(95(84)62-90(82)108(88,3)4)93-56-68(48-51-72(93)64-30-11-6-12-31-64)103-109-101(65-32-13-7-14-33-65)110-104(113-103)79-42-27-41-77-76-39-21-26-47-98(76)118-100(77)79/h5-62H,1-4H3. The van der Waals surface area contributed by atoms with Gasteiger partial charge in [0.05, 0.1) is 27.8 Å². The summed E-state index contributed by atoms with van der Waals surface area (Å²) in [6.07, 6.45) is 0. The Morgan fingerprint density at radius 2 is 0.720 bits per heavy atom. The fraction of sp³-hybridized carbons (Fsp3) is 0.0556. The third-order valence-corrected chi connectivity index (χ3v) is 26.3. The number of thiophene rings is 1. The Bertz CT molecular complexity index is 7990. The number of para-hydroxylation sites is 3. The molecule has 0 aliphatic heterocycles. The molecule has 2 aliphatic rings. The zero-order valence-electron chi connectivity index (χ0n) is 64.9. The highest BCUT2D eigenvalue weighted by molar-refractivity contribution is 7.26. The molecule has 554 valence electrons. The van der Waals surface area contributed by atoms with E-state index in [-0.39, 0.29) is 5.41 Å². The van der Waals surface area contributed by atoms with Gasteiger partial charge in [-0.3, -0.25) is 0 Å². The van der Waals surface area contributed by atoms with Crippen LogP contribution < -0.4 is 0 Å². The smallest absolute Gasteiger partial charge is 0.165 e. The van der Waals surface area contributed by atoms with Crippen LogP contribution in [0.2, 0.25) is 0 Å². The minimum atomic E-state index is -0.404. The summed E-state index contributed by atoms with van der Waals surface area (Å²) in [5.41, 5.74) is 29.1. The van der Waals surface area contributed by atoms with Gasteiger partial charge >= 0.3 is 0 Å². The van der Waals surface area contributed by atoms with Crippen molar-refractivity contribution in [3.63, 3.8) is 0 Å². The monoisotopic (exact) mass is 1530 g/mol. The molecule has 118 heavy (non-hydrogen) atoms. The number of nitrogens with zero attached hydrogens (tertiary/aromatic N) is 8. The molecule has 0 unspecified atom stereocenters. The molecule has 0 radical (unpaired) electrons. The Balaban J connectivity index is 0.675. The highest BCUT2D eigenvalue weighted by atomic mass is 32.1. The molecule has 22 aromatic rings. The molecule has 2 aliphatic carbocycles. The Morgan fingerprint density at radius 3 is 1.41 bits per heavy atom. The molecule has 16 aromatic carbocycles. The van der Waals surface area contributed by atoms with Crippen molar-refractivity contribution in [2.24, 2.45) is 0 Å². The van der Waals surface area contributed by atoms with Crippen molar-refractivity contribution in [2.75, 3.05) is 0 Å². The van der Waals surface area contributed by atoms with Crippen molar-refractivity contribution in [3.8, 4) is 135 Å². The number of fused-ring (bicyclic) bond motifs is 18. The number of furan rings is 1. The first-order valence-corrected chi connectivity index (χ1v) is 41.1. The quantitative estimate of drug-likeness (QED) is 0.127. The van der Waals surface area contributed by atoms with Gasteiger partial charge in [-0.25, -0.2) is 29.9 Å². The fourth-order valence-corrected chi connectivity index (χ4v) is 20.5. The lowest BCUT2D eigenvalue weighted by Crippen LogP contribution is -2.15. The molecular weight excluding hydrogens is 1460 g/mol. The number of benzene rings is 16. The molecule has 0 bridgehead atoms. The van der Waals surface area contributed by atoms with Crippen LogP contribution in [0.4, 0.5) is 0 Å². The molecule has 9 nitrogen and oxygen atoms in total. The van der Waals surface area contributed by atoms with Crippen molar-refractivity contribution in [1.29, 1.82) is 0 Å². The summed E-state index contributed by atoms with van der Waals surface area (Å²) in [5.74, 6) is 3.47. The summed E-state index contributed by atoms with van der Waals surface area (Å²) < 4.78 is 14.3. The highest BCUT2D eigenvalue weighted by Gasteiger charge is 2.39. The molecule has 0 fully saturated rings. The van der Waals surface area contributed by atoms with Crippen molar-refractivity contribution in [1.82, 2.24) is 39.0 Å². The maximum absolute atomic E-state index is 7.03. The molecule has 6 heterocycles. The van der Waals surface area contributed by atoms with E-state index < -0.39 is 5.41 Å². The molecular formula is C108H70N8OS. The largest absolute Gasteiger partial charge is 0.456 e. The maximum Gasteiger partial charge on any atom is 0.165 e. The van der Waals surface area contributed by atoms with Gasteiger partial charge in [-0.1, -0.05) is 289 Å². The van der Waals surface area contributed by atoms with Gasteiger partial charge in [0.2, 0.25) is 0 Å². The Labute approximate surface area is 683 Å². The number of hydrogen-bond acceptors (Lipinski definition) is 8. The lowest BCUT2D eigenvalue weighted by atomic mass is 9.82. The average molecular weight is 1530 g/mol. The first kappa shape index (κ1) is 67.6. The minimum absolute atomic E-state index is 0.202. The minimum Gasteiger partial charge on any atom is -0.456 e. The summed E-state index contributed by atoms with van der Waals surface area (Å²) >= 11 is 1.78. The fourth-order valence-electron chi connectivity index (χ4n) is 19.3. The Hall–Kier alpha value is -14.8. The van der Waals surface area contributed by atoms with Crippen LogP contribution in [0.3, 0.4) is 0 Å². The van der Waals surface area contributed by atoms with E-state index >= 15 is 0 Å². The van der Waals surface area contributed by atoms with Gasteiger partial charge in [-0.15, -0.1) is 11.3 Å².